The van der Waals surface area contributed by atoms with Gasteiger partial charge in [-0.2, -0.15) is 0 Å². The Kier molecular flexibility index (Phi) is 18.5. The highest BCUT2D eigenvalue weighted by Gasteiger charge is 2.43. The second kappa shape index (κ2) is 21.3. The van der Waals surface area contributed by atoms with Crippen LogP contribution in [0.2, 0.25) is 0 Å². The maximum Gasteiger partial charge on any atom is 0.245 e. The second-order valence-corrected chi connectivity index (χ2v) is 17.4. The fourth-order valence-corrected chi connectivity index (χ4v) is 8.88. The van der Waals surface area contributed by atoms with Crippen molar-refractivity contribution in [3.63, 3.8) is 0 Å². The van der Waals surface area contributed by atoms with Gasteiger partial charge >= 0.3 is 0 Å². The lowest BCUT2D eigenvalue weighted by molar-refractivity contribution is -0.148. The summed E-state index contributed by atoms with van der Waals surface area (Å²) in [5.74, 6) is -2.94. The molecule has 4 N–H and O–H groups in total. The van der Waals surface area contributed by atoms with Crippen molar-refractivity contribution >= 4 is 33.7 Å². The van der Waals surface area contributed by atoms with Crippen LogP contribution in [0, 0.1) is 23.7 Å². The lowest BCUT2D eigenvalue weighted by Crippen LogP contribution is -2.59. The third-order valence-corrected chi connectivity index (χ3v) is 12.0. The highest BCUT2D eigenvalue weighted by molar-refractivity contribution is 7.89. The Balaban J connectivity index is 2.26. The number of sulfonamides is 1. The molecule has 308 valence electrons. The number of nitrogens with zero attached hydrogens (tertiary/aromatic N) is 3. The van der Waals surface area contributed by atoms with E-state index in [-0.39, 0.29) is 47.6 Å². The van der Waals surface area contributed by atoms with Crippen molar-refractivity contribution in [2.24, 2.45) is 29.4 Å². The molecule has 0 aromatic heterocycles. The van der Waals surface area contributed by atoms with Crippen LogP contribution >= 0.6 is 0 Å². The highest BCUT2D eigenvalue weighted by atomic mass is 32.2. The number of ether oxygens (including phenoxy) is 2. The molecule has 1 aliphatic heterocycles. The van der Waals surface area contributed by atoms with Gasteiger partial charge in [0.2, 0.25) is 33.7 Å². The first-order valence-corrected chi connectivity index (χ1v) is 20.8. The number of carbonyl (C=O) groups is 4. The summed E-state index contributed by atoms with van der Waals surface area (Å²) in [7, 11) is 4.34. The Hall–Kier alpha value is -3.11. The van der Waals surface area contributed by atoms with Crippen molar-refractivity contribution in [1.82, 2.24) is 24.7 Å². The molecule has 0 spiro atoms. The topological polar surface area (TPSA) is 181 Å². The number of hydrogen-bond donors (Lipinski definition) is 3. The van der Waals surface area contributed by atoms with Crippen molar-refractivity contribution < 1.29 is 37.1 Å². The van der Waals surface area contributed by atoms with Gasteiger partial charge in [0.15, 0.2) is 0 Å². The minimum absolute atomic E-state index is 0.0281. The average Bonchev–Trinajstić information content (AvgIpc) is 3.59. The van der Waals surface area contributed by atoms with Crippen LogP contribution in [0.5, 0.6) is 0 Å². The van der Waals surface area contributed by atoms with Gasteiger partial charge in [0, 0.05) is 34.4 Å². The van der Waals surface area contributed by atoms with E-state index in [0.717, 1.165) is 5.56 Å². The maximum atomic E-state index is 14.2. The van der Waals surface area contributed by atoms with Gasteiger partial charge in [-0.05, 0) is 55.8 Å². The first kappa shape index (κ1) is 47.0. The number of hydrogen-bond acceptors (Lipinski definition) is 10. The largest absolute Gasteiger partial charge is 0.379 e. The molecule has 1 aromatic rings. The van der Waals surface area contributed by atoms with E-state index in [1.54, 1.807) is 48.0 Å². The predicted molar refractivity (Wildman–Crippen MR) is 210 cm³/mol. The van der Waals surface area contributed by atoms with Gasteiger partial charge in [0.05, 0.1) is 48.4 Å². The van der Waals surface area contributed by atoms with E-state index < -0.39 is 58.2 Å². The third-order valence-electron chi connectivity index (χ3n) is 10.8. The number of rotatable bonds is 21. The van der Waals surface area contributed by atoms with Crippen LogP contribution in [0.4, 0.5) is 0 Å². The smallest absolute Gasteiger partial charge is 0.245 e. The molecular weight excluding hydrogens is 713 g/mol. The van der Waals surface area contributed by atoms with Crippen molar-refractivity contribution in [2.45, 2.75) is 123 Å². The van der Waals surface area contributed by atoms with Gasteiger partial charge in [0.1, 0.15) is 6.04 Å². The molecule has 4 amide bonds. The predicted octanol–water partition coefficient (Wildman–Crippen LogP) is 2.74. The van der Waals surface area contributed by atoms with Gasteiger partial charge in [-0.15, -0.1) is 0 Å². The molecule has 1 saturated heterocycles. The zero-order chi connectivity index (χ0) is 41.1. The van der Waals surface area contributed by atoms with E-state index in [9.17, 15) is 27.6 Å². The summed E-state index contributed by atoms with van der Waals surface area (Å²) in [6.07, 6.45) is 0.445. The molecular formula is C39H68N6O8S. The van der Waals surface area contributed by atoms with Crippen LogP contribution in [0.3, 0.4) is 0 Å². The van der Waals surface area contributed by atoms with Crippen LogP contribution in [-0.2, 0) is 51.0 Å². The van der Waals surface area contributed by atoms with Gasteiger partial charge < -0.3 is 30.3 Å². The van der Waals surface area contributed by atoms with Crippen molar-refractivity contribution in [3.05, 3.63) is 35.4 Å². The minimum Gasteiger partial charge on any atom is -0.379 e. The number of methoxy groups -OCH3 is 2. The SMILES string of the molecule is CC[C@H](C)[C@@H]([C@@H](CC(=O)N1CCC[C@H]1[C@H](OC)[C@@H](C)C(=O)NS(=O)(=O)Cc1ccc(CN)cc1)OC)N(C)C(=O)[C@@H](NC(=O)C(C(C)C)N(C)C)C(C)C. The first-order valence-electron chi connectivity index (χ1n) is 19.2. The molecule has 1 aromatic carbocycles. The van der Waals surface area contributed by atoms with E-state index in [1.807, 2.05) is 60.5 Å². The number of likely N-dealkylation sites (tertiary alicyclic amines) is 1. The normalized spacial score (nSPS) is 18.9. The number of benzene rings is 1. The number of likely N-dealkylation sites (N-methyl/N-ethyl adjacent to an activating group) is 2. The molecule has 1 aliphatic rings. The molecule has 15 heteroatoms. The molecule has 1 fully saturated rings. The second-order valence-electron chi connectivity index (χ2n) is 15.7. The Labute approximate surface area is 324 Å². The van der Waals surface area contributed by atoms with Crippen LogP contribution in [0.1, 0.15) is 85.3 Å². The lowest BCUT2D eigenvalue weighted by Gasteiger charge is -2.41. The van der Waals surface area contributed by atoms with E-state index in [2.05, 4.69) is 10.0 Å². The van der Waals surface area contributed by atoms with Crippen molar-refractivity contribution in [3.8, 4) is 0 Å². The summed E-state index contributed by atoms with van der Waals surface area (Å²) in [5, 5.41) is 3.01. The quantitative estimate of drug-likeness (QED) is 0.168. The fourth-order valence-electron chi connectivity index (χ4n) is 7.68. The molecule has 0 saturated carbocycles. The number of amides is 4. The minimum atomic E-state index is -4.02. The van der Waals surface area contributed by atoms with Crippen LogP contribution in [0.15, 0.2) is 24.3 Å². The standard InChI is InChI=1S/C39H68N6O8S/c1-13-26(6)35(44(10)39(49)33(24(2)3)41-38(48)34(25(4)5)43(8)9)31(52-11)21-32(46)45-20-14-15-30(45)36(53-12)27(7)37(47)42-54(50,51)23-29-18-16-28(22-40)17-19-29/h16-19,24-27,30-31,33-36H,13-15,20-23,40H2,1-12H3,(H,41,48)(H,42,47)/t26-,27+,30-,31+,33-,34?,35-,36+/m0/s1. The number of nitrogens with one attached hydrogen (secondary N) is 2. The zero-order valence-corrected chi connectivity index (χ0v) is 35.4. The molecule has 0 aliphatic carbocycles. The molecule has 0 radical (unpaired) electrons. The molecule has 1 unspecified atom stereocenters. The maximum absolute atomic E-state index is 14.2. The molecule has 54 heavy (non-hydrogen) atoms. The lowest BCUT2D eigenvalue weighted by atomic mass is 9.89. The Morgan fingerprint density at radius 3 is 2.00 bits per heavy atom. The van der Waals surface area contributed by atoms with Crippen molar-refractivity contribution in [1.29, 1.82) is 0 Å². The Bertz CT molecular complexity index is 1480. The summed E-state index contributed by atoms with van der Waals surface area (Å²) in [5.41, 5.74) is 7.02. The van der Waals surface area contributed by atoms with Crippen LogP contribution in [-0.4, -0.2) is 125 Å². The summed E-state index contributed by atoms with van der Waals surface area (Å²) in [4.78, 5) is 60.2. The monoisotopic (exact) mass is 780 g/mol. The first-order chi connectivity index (χ1) is 25.2. The van der Waals surface area contributed by atoms with Gasteiger partial charge in [0.25, 0.3) is 0 Å². The molecule has 1 heterocycles. The van der Waals surface area contributed by atoms with Gasteiger partial charge in [-0.25, -0.2) is 8.42 Å². The van der Waals surface area contributed by atoms with Crippen LogP contribution < -0.4 is 15.8 Å². The highest BCUT2D eigenvalue weighted by Crippen LogP contribution is 2.30. The zero-order valence-electron chi connectivity index (χ0n) is 34.6. The summed E-state index contributed by atoms with van der Waals surface area (Å²) in [6, 6.07) is 4.63. The molecule has 2 rings (SSSR count). The molecule has 0 bridgehead atoms. The molecule has 8 atom stereocenters. The fraction of sp³-hybridized carbons (Fsp3) is 0.744. The third kappa shape index (κ3) is 12.5. The van der Waals surface area contributed by atoms with E-state index in [4.69, 9.17) is 15.2 Å². The van der Waals surface area contributed by atoms with E-state index >= 15 is 0 Å². The number of nitrogens with two attached hydrogens (primary N) is 1. The Morgan fingerprint density at radius 2 is 1.52 bits per heavy atom. The van der Waals surface area contributed by atoms with Gasteiger partial charge in [-0.3, -0.25) is 28.8 Å². The summed E-state index contributed by atoms with van der Waals surface area (Å²) >= 11 is 0. The molecule has 14 nitrogen and oxygen atoms in total. The van der Waals surface area contributed by atoms with E-state index in [0.29, 0.717) is 37.9 Å². The summed E-state index contributed by atoms with van der Waals surface area (Å²) in [6.45, 7) is 14.1. The van der Waals surface area contributed by atoms with Crippen molar-refractivity contribution in [2.75, 3.05) is 41.9 Å². The van der Waals surface area contributed by atoms with Gasteiger partial charge in [-0.1, -0.05) is 79.2 Å². The summed E-state index contributed by atoms with van der Waals surface area (Å²) < 4.78 is 39.9. The Morgan fingerprint density at radius 1 is 0.926 bits per heavy atom. The average molecular weight is 781 g/mol. The van der Waals surface area contributed by atoms with E-state index in [1.165, 1.54) is 14.2 Å². The van der Waals surface area contributed by atoms with Crippen LogP contribution in [0.25, 0.3) is 0 Å². The number of carbonyl (C=O) groups excluding carboxylic acids is 4.